The molecule has 2 rings (SSSR count). The van der Waals surface area contributed by atoms with Gasteiger partial charge >= 0.3 is 0 Å². The summed E-state index contributed by atoms with van der Waals surface area (Å²) in [6, 6.07) is 14.3. The zero-order valence-electron chi connectivity index (χ0n) is 11.7. The van der Waals surface area contributed by atoms with Crippen LogP contribution in [0.4, 0.5) is 0 Å². The van der Waals surface area contributed by atoms with Gasteiger partial charge in [-0.05, 0) is 41.8 Å². The highest BCUT2D eigenvalue weighted by molar-refractivity contribution is 6.35. The number of nitrogens with zero attached hydrogens (tertiary/aromatic N) is 2. The molecule has 0 aliphatic carbocycles. The molecule has 2 nitrogen and oxygen atoms in total. The monoisotopic (exact) mass is 382 g/mol. The molecule has 116 valence electrons. The maximum absolute atomic E-state index is 9.47. The van der Waals surface area contributed by atoms with Gasteiger partial charge in [-0.25, -0.2) is 0 Å². The molecular formula is C17H10Cl4N2. The highest BCUT2D eigenvalue weighted by Crippen LogP contribution is 2.36. The summed E-state index contributed by atoms with van der Waals surface area (Å²) in [5.74, 6) is -1.09. The van der Waals surface area contributed by atoms with E-state index in [9.17, 15) is 10.5 Å². The lowest BCUT2D eigenvalue weighted by Gasteiger charge is -2.16. The Morgan fingerprint density at radius 2 is 1.13 bits per heavy atom. The number of hydrogen-bond donors (Lipinski definition) is 0. The van der Waals surface area contributed by atoms with Crippen LogP contribution in [0.3, 0.4) is 0 Å². The SMILES string of the molecule is N#C[C@H](C[C@@H](C#N)c1ccc(Cl)cc1Cl)c1ccc(Cl)cc1Cl. The molecule has 0 N–H and O–H groups in total. The molecule has 0 saturated heterocycles. The Kier molecular flexibility index (Phi) is 6.17. The maximum atomic E-state index is 9.47. The van der Waals surface area contributed by atoms with E-state index in [0.29, 0.717) is 31.2 Å². The Morgan fingerprint density at radius 1 is 0.739 bits per heavy atom. The molecule has 0 aromatic heterocycles. The van der Waals surface area contributed by atoms with Gasteiger partial charge in [-0.15, -0.1) is 0 Å². The van der Waals surface area contributed by atoms with E-state index in [1.165, 1.54) is 0 Å². The molecule has 0 radical (unpaired) electrons. The van der Waals surface area contributed by atoms with Crippen LogP contribution >= 0.6 is 46.4 Å². The van der Waals surface area contributed by atoms with Crippen molar-refractivity contribution in [1.29, 1.82) is 10.5 Å². The molecular weight excluding hydrogens is 374 g/mol. The first-order chi connectivity index (χ1) is 11.0. The number of hydrogen-bond acceptors (Lipinski definition) is 2. The summed E-state index contributed by atoms with van der Waals surface area (Å²) in [7, 11) is 0. The quantitative estimate of drug-likeness (QED) is 0.596. The Hall–Kier alpha value is -1.42. The van der Waals surface area contributed by atoms with Gasteiger partial charge in [-0.1, -0.05) is 58.5 Å². The summed E-state index contributed by atoms with van der Waals surface area (Å²) in [4.78, 5) is 0. The lowest BCUT2D eigenvalue weighted by Crippen LogP contribution is -2.05. The topological polar surface area (TPSA) is 47.6 Å². The van der Waals surface area contributed by atoms with E-state index in [-0.39, 0.29) is 6.42 Å². The molecule has 2 atom stereocenters. The molecule has 0 spiro atoms. The van der Waals surface area contributed by atoms with Gasteiger partial charge in [0.15, 0.2) is 0 Å². The minimum absolute atomic E-state index is 0.274. The average Bonchev–Trinajstić information content (AvgIpc) is 2.50. The number of rotatable bonds is 4. The van der Waals surface area contributed by atoms with Crippen LogP contribution in [0, 0.1) is 22.7 Å². The molecule has 0 heterocycles. The van der Waals surface area contributed by atoms with E-state index in [0.717, 1.165) is 0 Å². The molecule has 0 aliphatic heterocycles. The van der Waals surface area contributed by atoms with Crippen molar-refractivity contribution in [3.8, 4) is 12.1 Å². The number of nitriles is 2. The minimum Gasteiger partial charge on any atom is -0.198 e. The fourth-order valence-electron chi connectivity index (χ4n) is 2.30. The second-order valence-electron chi connectivity index (χ2n) is 4.93. The molecule has 2 aromatic carbocycles. The largest absolute Gasteiger partial charge is 0.198 e. The molecule has 6 heteroatoms. The predicted octanol–water partition coefficient (Wildman–Crippen LogP) is 6.60. The van der Waals surface area contributed by atoms with E-state index in [2.05, 4.69) is 12.1 Å². The molecule has 23 heavy (non-hydrogen) atoms. The van der Waals surface area contributed by atoms with Crippen molar-refractivity contribution in [2.24, 2.45) is 0 Å². The van der Waals surface area contributed by atoms with Crippen molar-refractivity contribution in [2.75, 3.05) is 0 Å². The van der Waals surface area contributed by atoms with Crippen molar-refractivity contribution in [3.05, 3.63) is 67.6 Å². The number of halogens is 4. The zero-order valence-corrected chi connectivity index (χ0v) is 14.8. The Labute approximate surface area is 154 Å². The average molecular weight is 384 g/mol. The second-order valence-corrected chi connectivity index (χ2v) is 6.62. The van der Waals surface area contributed by atoms with Crippen LogP contribution in [-0.4, -0.2) is 0 Å². The molecule has 2 aromatic rings. The Morgan fingerprint density at radius 3 is 1.43 bits per heavy atom. The van der Waals surface area contributed by atoms with Crippen LogP contribution < -0.4 is 0 Å². The summed E-state index contributed by atoms with van der Waals surface area (Å²) in [5.41, 5.74) is 1.29. The molecule has 0 unspecified atom stereocenters. The molecule has 0 saturated carbocycles. The van der Waals surface area contributed by atoms with Gasteiger partial charge in [0.1, 0.15) is 0 Å². The smallest absolute Gasteiger partial charge is 0.0742 e. The summed E-state index contributed by atoms with van der Waals surface area (Å²) in [6.07, 6.45) is 0.274. The standard InChI is InChI=1S/C17H10Cl4N2/c18-12-1-3-14(16(20)6-12)10(8-22)5-11(9-23)15-4-2-13(19)7-17(15)21/h1-4,6-7,10-11H,5H2/t10-,11-/m0/s1. The van der Waals surface area contributed by atoms with Crippen LogP contribution in [0.15, 0.2) is 36.4 Å². The van der Waals surface area contributed by atoms with Crippen molar-refractivity contribution in [1.82, 2.24) is 0 Å². The van der Waals surface area contributed by atoms with E-state index in [1.807, 2.05) is 0 Å². The van der Waals surface area contributed by atoms with E-state index in [1.54, 1.807) is 36.4 Å². The van der Waals surface area contributed by atoms with Crippen molar-refractivity contribution in [3.63, 3.8) is 0 Å². The van der Waals surface area contributed by atoms with Crippen LogP contribution in [-0.2, 0) is 0 Å². The third-order valence-electron chi connectivity index (χ3n) is 3.46. The van der Waals surface area contributed by atoms with Crippen molar-refractivity contribution >= 4 is 46.4 Å². The first-order valence-electron chi connectivity index (χ1n) is 6.65. The molecule has 0 bridgehead atoms. The third kappa shape index (κ3) is 4.31. The Bertz CT molecular complexity index is 738. The molecule has 0 aliphatic rings. The van der Waals surface area contributed by atoms with E-state index < -0.39 is 11.8 Å². The van der Waals surface area contributed by atoms with Crippen molar-refractivity contribution in [2.45, 2.75) is 18.3 Å². The van der Waals surface area contributed by atoms with Crippen LogP contribution in [0.5, 0.6) is 0 Å². The van der Waals surface area contributed by atoms with E-state index in [4.69, 9.17) is 46.4 Å². The van der Waals surface area contributed by atoms with Crippen LogP contribution in [0.25, 0.3) is 0 Å². The summed E-state index contributed by atoms with van der Waals surface area (Å²) in [5, 5.41) is 20.7. The van der Waals surface area contributed by atoms with Gasteiger partial charge in [0.2, 0.25) is 0 Å². The van der Waals surface area contributed by atoms with Crippen molar-refractivity contribution < 1.29 is 0 Å². The summed E-state index contributed by atoms with van der Waals surface area (Å²) in [6.45, 7) is 0. The zero-order chi connectivity index (χ0) is 17.0. The third-order valence-corrected chi connectivity index (χ3v) is 4.58. The van der Waals surface area contributed by atoms with Crippen LogP contribution in [0.1, 0.15) is 29.4 Å². The lowest BCUT2D eigenvalue weighted by atomic mass is 9.86. The fourth-order valence-corrected chi connectivity index (χ4v) is 3.38. The number of benzene rings is 2. The van der Waals surface area contributed by atoms with E-state index >= 15 is 0 Å². The van der Waals surface area contributed by atoms with Gasteiger partial charge in [0.05, 0.1) is 24.0 Å². The summed E-state index contributed by atoms with van der Waals surface area (Å²) < 4.78 is 0. The minimum atomic E-state index is -0.545. The highest BCUT2D eigenvalue weighted by Gasteiger charge is 2.23. The van der Waals surface area contributed by atoms with Gasteiger partial charge in [-0.2, -0.15) is 10.5 Å². The maximum Gasteiger partial charge on any atom is 0.0742 e. The summed E-state index contributed by atoms with van der Waals surface area (Å²) >= 11 is 24.1. The predicted molar refractivity (Wildman–Crippen MR) is 94.2 cm³/mol. The fraction of sp³-hybridized carbons (Fsp3) is 0.176. The van der Waals surface area contributed by atoms with Gasteiger partial charge in [-0.3, -0.25) is 0 Å². The lowest BCUT2D eigenvalue weighted by molar-refractivity contribution is 0.690. The van der Waals surface area contributed by atoms with Crippen LogP contribution in [0.2, 0.25) is 20.1 Å². The van der Waals surface area contributed by atoms with Gasteiger partial charge in [0, 0.05) is 20.1 Å². The normalized spacial score (nSPS) is 13.0. The Balaban J connectivity index is 2.33. The molecule has 0 amide bonds. The molecule has 0 fully saturated rings. The second kappa shape index (κ2) is 7.91. The van der Waals surface area contributed by atoms with Gasteiger partial charge in [0.25, 0.3) is 0 Å². The van der Waals surface area contributed by atoms with Gasteiger partial charge < -0.3 is 0 Å². The first kappa shape index (κ1) is 17.9. The first-order valence-corrected chi connectivity index (χ1v) is 8.16. The highest BCUT2D eigenvalue weighted by atomic mass is 35.5.